The van der Waals surface area contributed by atoms with Gasteiger partial charge in [-0.2, -0.15) is 0 Å². The molecule has 0 saturated heterocycles. The molecule has 138 valence electrons. The van der Waals surface area contributed by atoms with Gasteiger partial charge in [-0.1, -0.05) is 74.5 Å². The number of rotatable bonds is 0. The Hall–Kier alpha value is -3.32. The van der Waals surface area contributed by atoms with Crippen molar-refractivity contribution in [2.45, 2.75) is 25.7 Å². The predicted octanol–water partition coefficient (Wildman–Crippen LogP) is 7.46. The first-order valence-corrected chi connectivity index (χ1v) is 10.3. The second-order valence-corrected chi connectivity index (χ2v) is 8.98. The molecule has 2 aliphatic carbocycles. The second kappa shape index (κ2) is 4.99. The molecule has 5 aromatic rings. The number of benzene rings is 4. The van der Waals surface area contributed by atoms with Gasteiger partial charge < -0.3 is 4.42 Å². The molecule has 7 rings (SSSR count). The number of para-hydroxylation sites is 1. The fourth-order valence-corrected chi connectivity index (χ4v) is 5.63. The molecular formula is C28H20O. The van der Waals surface area contributed by atoms with Gasteiger partial charge in [-0.3, -0.25) is 0 Å². The average molecular weight is 372 g/mol. The summed E-state index contributed by atoms with van der Waals surface area (Å²) in [5.74, 6) is 0. The molecular weight excluding hydrogens is 352 g/mol. The molecule has 29 heavy (non-hydrogen) atoms. The van der Waals surface area contributed by atoms with Crippen molar-refractivity contribution in [3.05, 3.63) is 95.1 Å². The Kier molecular flexibility index (Phi) is 2.68. The second-order valence-electron chi connectivity index (χ2n) is 8.98. The van der Waals surface area contributed by atoms with Crippen molar-refractivity contribution in [3.63, 3.8) is 0 Å². The van der Waals surface area contributed by atoms with E-state index in [0.717, 1.165) is 17.6 Å². The standard InChI is InChI=1S/C28H20O/c1-28(2)23-12-11-20-19-9-5-6-10-25(19)29-27(20)26(23)22-15-21-17(14-24(22)28)13-16-7-3-4-8-18(16)21/h3-12,14-15H,13H2,1-2H3. The highest BCUT2D eigenvalue weighted by Crippen LogP contribution is 2.54. The number of furan rings is 1. The summed E-state index contributed by atoms with van der Waals surface area (Å²) in [7, 11) is 0. The van der Waals surface area contributed by atoms with E-state index in [1.807, 2.05) is 6.07 Å². The third-order valence-electron chi connectivity index (χ3n) is 7.09. The smallest absolute Gasteiger partial charge is 0.143 e. The molecule has 1 heteroatoms. The van der Waals surface area contributed by atoms with Crippen molar-refractivity contribution in [3.8, 4) is 22.3 Å². The molecule has 0 bridgehead atoms. The first kappa shape index (κ1) is 15.6. The molecule has 2 aliphatic rings. The Balaban J connectivity index is 1.61. The number of fused-ring (bicyclic) bond motifs is 10. The maximum absolute atomic E-state index is 6.43. The van der Waals surface area contributed by atoms with E-state index in [2.05, 4.69) is 80.6 Å². The molecule has 0 spiro atoms. The lowest BCUT2D eigenvalue weighted by Gasteiger charge is -2.22. The number of hydrogen-bond acceptors (Lipinski definition) is 1. The van der Waals surface area contributed by atoms with Crippen molar-refractivity contribution in [1.82, 2.24) is 0 Å². The minimum Gasteiger partial charge on any atom is -0.455 e. The van der Waals surface area contributed by atoms with E-state index >= 15 is 0 Å². The molecule has 0 N–H and O–H groups in total. The lowest BCUT2D eigenvalue weighted by atomic mass is 9.81. The van der Waals surface area contributed by atoms with Crippen LogP contribution in [0.2, 0.25) is 0 Å². The van der Waals surface area contributed by atoms with Crippen LogP contribution in [-0.4, -0.2) is 0 Å². The Morgan fingerprint density at radius 1 is 0.690 bits per heavy atom. The Morgan fingerprint density at radius 3 is 2.45 bits per heavy atom. The normalized spacial score (nSPS) is 15.4. The highest BCUT2D eigenvalue weighted by atomic mass is 16.3. The molecule has 1 heterocycles. The highest BCUT2D eigenvalue weighted by molar-refractivity contribution is 6.12. The summed E-state index contributed by atoms with van der Waals surface area (Å²) in [6.07, 6.45) is 1.03. The fraction of sp³-hybridized carbons (Fsp3) is 0.143. The first-order valence-electron chi connectivity index (χ1n) is 10.3. The minimum absolute atomic E-state index is 0.0262. The van der Waals surface area contributed by atoms with E-state index in [0.29, 0.717) is 0 Å². The summed E-state index contributed by atoms with van der Waals surface area (Å²) in [6.45, 7) is 4.70. The summed E-state index contributed by atoms with van der Waals surface area (Å²) in [5.41, 5.74) is 13.0. The van der Waals surface area contributed by atoms with Gasteiger partial charge in [0.05, 0.1) is 0 Å². The van der Waals surface area contributed by atoms with Gasteiger partial charge >= 0.3 is 0 Å². The first-order chi connectivity index (χ1) is 14.1. The zero-order chi connectivity index (χ0) is 19.3. The van der Waals surface area contributed by atoms with Crippen molar-refractivity contribution in [2.24, 2.45) is 0 Å². The molecule has 0 saturated carbocycles. The van der Waals surface area contributed by atoms with Crippen LogP contribution in [0.4, 0.5) is 0 Å². The van der Waals surface area contributed by atoms with Crippen molar-refractivity contribution in [1.29, 1.82) is 0 Å². The maximum atomic E-state index is 6.43. The molecule has 1 aromatic heterocycles. The number of hydrogen-bond donors (Lipinski definition) is 0. The van der Waals surface area contributed by atoms with Crippen molar-refractivity contribution >= 4 is 21.9 Å². The molecule has 0 unspecified atom stereocenters. The van der Waals surface area contributed by atoms with Gasteiger partial charge in [-0.25, -0.2) is 0 Å². The molecule has 4 aromatic carbocycles. The average Bonchev–Trinajstić information content (AvgIpc) is 3.35. The van der Waals surface area contributed by atoms with Crippen LogP contribution in [0, 0.1) is 0 Å². The summed E-state index contributed by atoms with van der Waals surface area (Å²) in [6, 6.07) is 26.6. The van der Waals surface area contributed by atoms with Crippen LogP contribution in [-0.2, 0) is 11.8 Å². The lowest BCUT2D eigenvalue weighted by molar-refractivity contribution is 0.653. The topological polar surface area (TPSA) is 13.1 Å². The molecule has 0 aliphatic heterocycles. The van der Waals surface area contributed by atoms with Crippen LogP contribution in [0.5, 0.6) is 0 Å². The Bertz CT molecular complexity index is 1500. The van der Waals surface area contributed by atoms with Gasteiger partial charge in [-0.15, -0.1) is 0 Å². The van der Waals surface area contributed by atoms with Crippen molar-refractivity contribution in [2.75, 3.05) is 0 Å². The SMILES string of the molecule is CC1(C)c2cc3c(cc2-c2c1ccc1c2oc2ccccc21)-c1ccccc1C3. The summed E-state index contributed by atoms with van der Waals surface area (Å²) >= 11 is 0. The summed E-state index contributed by atoms with van der Waals surface area (Å²) in [4.78, 5) is 0. The largest absolute Gasteiger partial charge is 0.455 e. The van der Waals surface area contributed by atoms with Crippen LogP contribution in [0.15, 0.2) is 77.2 Å². The highest BCUT2D eigenvalue weighted by Gasteiger charge is 2.39. The Morgan fingerprint density at radius 2 is 1.52 bits per heavy atom. The molecule has 0 radical (unpaired) electrons. The summed E-state index contributed by atoms with van der Waals surface area (Å²) < 4.78 is 6.43. The van der Waals surface area contributed by atoms with Gasteiger partial charge in [0.25, 0.3) is 0 Å². The fourth-order valence-electron chi connectivity index (χ4n) is 5.63. The van der Waals surface area contributed by atoms with Crippen LogP contribution in [0.1, 0.15) is 36.1 Å². The predicted molar refractivity (Wildman–Crippen MR) is 120 cm³/mol. The zero-order valence-corrected chi connectivity index (χ0v) is 16.5. The van der Waals surface area contributed by atoms with Crippen LogP contribution >= 0.6 is 0 Å². The Labute approximate surface area is 169 Å². The van der Waals surface area contributed by atoms with E-state index in [9.17, 15) is 0 Å². The van der Waals surface area contributed by atoms with E-state index in [4.69, 9.17) is 4.42 Å². The van der Waals surface area contributed by atoms with E-state index in [1.54, 1.807) is 0 Å². The quantitative estimate of drug-likeness (QED) is 0.270. The van der Waals surface area contributed by atoms with Crippen LogP contribution in [0.25, 0.3) is 44.2 Å². The van der Waals surface area contributed by atoms with E-state index in [1.165, 1.54) is 55.3 Å². The maximum Gasteiger partial charge on any atom is 0.143 e. The van der Waals surface area contributed by atoms with Crippen LogP contribution < -0.4 is 0 Å². The monoisotopic (exact) mass is 372 g/mol. The third kappa shape index (κ3) is 1.81. The molecule has 1 nitrogen and oxygen atoms in total. The molecule has 0 fully saturated rings. The van der Waals surface area contributed by atoms with Gasteiger partial charge in [0.15, 0.2) is 0 Å². The zero-order valence-electron chi connectivity index (χ0n) is 16.5. The van der Waals surface area contributed by atoms with Gasteiger partial charge in [0, 0.05) is 21.8 Å². The lowest BCUT2D eigenvalue weighted by Crippen LogP contribution is -2.15. The van der Waals surface area contributed by atoms with Crippen LogP contribution in [0.3, 0.4) is 0 Å². The molecule has 0 amide bonds. The van der Waals surface area contributed by atoms with Gasteiger partial charge in [0.2, 0.25) is 0 Å². The van der Waals surface area contributed by atoms with E-state index in [-0.39, 0.29) is 5.41 Å². The minimum atomic E-state index is -0.0262. The molecule has 0 atom stereocenters. The van der Waals surface area contributed by atoms with Gasteiger partial charge in [-0.05, 0) is 57.5 Å². The third-order valence-corrected chi connectivity index (χ3v) is 7.09. The van der Waals surface area contributed by atoms with Gasteiger partial charge in [0.1, 0.15) is 11.2 Å². The van der Waals surface area contributed by atoms with Crippen molar-refractivity contribution < 1.29 is 4.42 Å². The summed E-state index contributed by atoms with van der Waals surface area (Å²) in [5, 5.41) is 2.41. The van der Waals surface area contributed by atoms with E-state index < -0.39 is 0 Å².